The highest BCUT2D eigenvalue weighted by atomic mass is 16.5. The first-order valence-corrected chi connectivity index (χ1v) is 8.20. The molecule has 0 aliphatic carbocycles. The molecular weight excluding hydrogens is 320 g/mol. The summed E-state index contributed by atoms with van der Waals surface area (Å²) in [7, 11) is 0. The summed E-state index contributed by atoms with van der Waals surface area (Å²) in [4.78, 5) is 23.6. The fraction of sp³-hybridized carbons (Fsp3) is 0.316. The van der Waals surface area contributed by atoms with Crippen LogP contribution < -0.4 is 10.2 Å². The summed E-state index contributed by atoms with van der Waals surface area (Å²) in [5.74, 6) is -0.640. The number of fused-ring (bicyclic) bond motifs is 3. The topological polar surface area (TPSA) is 92.3 Å². The van der Waals surface area contributed by atoms with Crippen molar-refractivity contribution in [2.45, 2.75) is 32.7 Å². The van der Waals surface area contributed by atoms with Gasteiger partial charge in [0.15, 0.2) is 5.43 Å². The van der Waals surface area contributed by atoms with Crippen molar-refractivity contribution in [3.05, 3.63) is 51.3 Å². The zero-order chi connectivity index (χ0) is 18.1. The number of benzene rings is 1. The average molecular weight is 338 g/mol. The predicted octanol–water partition coefficient (Wildman–Crippen LogP) is 2.99. The minimum atomic E-state index is -1.24. The van der Waals surface area contributed by atoms with E-state index in [1.165, 1.54) is 12.3 Å². The number of ether oxygens (including phenoxy) is 1. The Balaban J connectivity index is 2.38. The highest BCUT2D eigenvalue weighted by molar-refractivity contribution is 5.88. The molecule has 2 heterocycles. The predicted molar refractivity (Wildman–Crippen MR) is 92.0 cm³/mol. The lowest BCUT2D eigenvalue weighted by atomic mass is 9.87. The van der Waals surface area contributed by atoms with Crippen LogP contribution in [0.1, 0.15) is 47.8 Å². The van der Waals surface area contributed by atoms with Gasteiger partial charge in [-0.3, -0.25) is 4.79 Å². The first kappa shape index (κ1) is 16.8. The number of aromatic carboxylic acids is 1. The summed E-state index contributed by atoms with van der Waals surface area (Å²) < 4.78 is 7.54. The van der Waals surface area contributed by atoms with Crippen molar-refractivity contribution in [1.82, 2.24) is 4.57 Å². The van der Waals surface area contributed by atoms with E-state index >= 15 is 0 Å². The van der Waals surface area contributed by atoms with E-state index in [9.17, 15) is 20.0 Å². The molecule has 25 heavy (non-hydrogen) atoms. The molecular formula is C19H18N2O4. The number of carbonyl (C=O) groups is 1. The third kappa shape index (κ3) is 2.68. The number of carboxylic acids is 1. The van der Waals surface area contributed by atoms with Crippen LogP contribution in [0.2, 0.25) is 0 Å². The number of nitrogens with zero attached hydrogens (tertiary/aromatic N) is 2. The van der Waals surface area contributed by atoms with Crippen LogP contribution in [0.4, 0.5) is 0 Å². The van der Waals surface area contributed by atoms with Crippen LogP contribution in [0.25, 0.3) is 11.3 Å². The van der Waals surface area contributed by atoms with Gasteiger partial charge in [0, 0.05) is 23.9 Å². The molecule has 6 nitrogen and oxygen atoms in total. The molecule has 1 aromatic heterocycles. The number of hydrogen-bond donors (Lipinski definition) is 1. The molecule has 0 saturated carbocycles. The van der Waals surface area contributed by atoms with Crippen LogP contribution in [-0.4, -0.2) is 22.2 Å². The second kappa shape index (κ2) is 6.44. The maximum absolute atomic E-state index is 12.3. The molecule has 2 aromatic rings. The molecule has 128 valence electrons. The lowest BCUT2D eigenvalue weighted by molar-refractivity contribution is 0.0694. The monoisotopic (exact) mass is 338 g/mol. The summed E-state index contributed by atoms with van der Waals surface area (Å²) >= 11 is 0. The van der Waals surface area contributed by atoms with E-state index in [0.717, 1.165) is 12.0 Å². The third-order valence-electron chi connectivity index (χ3n) is 4.57. The Morgan fingerprint density at radius 1 is 1.44 bits per heavy atom. The van der Waals surface area contributed by atoms with Crippen LogP contribution in [0.15, 0.2) is 29.2 Å². The quantitative estimate of drug-likeness (QED) is 0.925. The third-order valence-corrected chi connectivity index (χ3v) is 4.57. The first-order valence-electron chi connectivity index (χ1n) is 8.20. The fourth-order valence-electron chi connectivity index (χ4n) is 3.39. The normalized spacial score (nSPS) is 15.0. The minimum Gasteiger partial charge on any atom is -0.493 e. The lowest BCUT2D eigenvalue weighted by Crippen LogP contribution is -2.26. The molecule has 3 rings (SSSR count). The van der Waals surface area contributed by atoms with Gasteiger partial charge in [-0.2, -0.15) is 5.26 Å². The zero-order valence-electron chi connectivity index (χ0n) is 14.1. The van der Waals surface area contributed by atoms with Gasteiger partial charge < -0.3 is 14.4 Å². The highest BCUT2D eigenvalue weighted by Gasteiger charge is 2.29. The Hall–Kier alpha value is -3.07. The standard InChI is InChI=1S/C19H18N2O4/c1-3-12-7-13-11(9-20)5-6-17(25-4-2)18(13)15-8-16(22)14(19(23)24)10-21(12)15/h5-6,8,10,12H,3-4,7H2,1-2H3,(H,23,24). The van der Waals surface area contributed by atoms with Gasteiger partial charge in [-0.15, -0.1) is 0 Å². The van der Waals surface area contributed by atoms with E-state index in [0.29, 0.717) is 35.6 Å². The zero-order valence-corrected chi connectivity index (χ0v) is 14.1. The van der Waals surface area contributed by atoms with E-state index in [2.05, 4.69) is 6.07 Å². The van der Waals surface area contributed by atoms with E-state index in [4.69, 9.17) is 4.74 Å². The van der Waals surface area contributed by atoms with Crippen molar-refractivity contribution in [3.63, 3.8) is 0 Å². The van der Waals surface area contributed by atoms with E-state index in [1.807, 2.05) is 18.4 Å². The van der Waals surface area contributed by atoms with Crippen molar-refractivity contribution in [1.29, 1.82) is 5.26 Å². The Bertz CT molecular complexity index is 953. The summed E-state index contributed by atoms with van der Waals surface area (Å²) in [5, 5.41) is 18.7. The van der Waals surface area contributed by atoms with Crippen molar-refractivity contribution in [3.8, 4) is 23.1 Å². The van der Waals surface area contributed by atoms with Gasteiger partial charge in [0.1, 0.15) is 11.3 Å². The fourth-order valence-corrected chi connectivity index (χ4v) is 3.39. The Labute approximate surface area is 144 Å². The smallest absolute Gasteiger partial charge is 0.341 e. The Kier molecular flexibility index (Phi) is 4.32. The largest absolute Gasteiger partial charge is 0.493 e. The molecule has 0 bridgehead atoms. The molecule has 1 aliphatic rings. The number of pyridine rings is 1. The van der Waals surface area contributed by atoms with Crippen molar-refractivity contribution >= 4 is 5.97 Å². The van der Waals surface area contributed by atoms with Crippen LogP contribution in [-0.2, 0) is 6.42 Å². The van der Waals surface area contributed by atoms with Crippen molar-refractivity contribution < 1.29 is 14.6 Å². The van der Waals surface area contributed by atoms with Gasteiger partial charge in [-0.25, -0.2) is 4.79 Å². The van der Waals surface area contributed by atoms with Crippen LogP contribution in [0.3, 0.4) is 0 Å². The van der Waals surface area contributed by atoms with Gasteiger partial charge in [-0.1, -0.05) is 6.92 Å². The molecule has 0 saturated heterocycles. The molecule has 0 spiro atoms. The number of aromatic nitrogens is 1. The Morgan fingerprint density at radius 2 is 2.20 bits per heavy atom. The van der Waals surface area contributed by atoms with Crippen LogP contribution in [0.5, 0.6) is 5.75 Å². The first-order chi connectivity index (χ1) is 12.0. The molecule has 1 aromatic carbocycles. The lowest BCUT2D eigenvalue weighted by Gasteiger charge is -2.31. The van der Waals surface area contributed by atoms with Crippen LogP contribution in [0, 0.1) is 11.3 Å². The summed E-state index contributed by atoms with van der Waals surface area (Å²) in [6, 6.07) is 6.99. The van der Waals surface area contributed by atoms with Gasteiger partial charge in [0.25, 0.3) is 0 Å². The Morgan fingerprint density at radius 3 is 2.80 bits per heavy atom. The summed E-state index contributed by atoms with van der Waals surface area (Å²) in [6.45, 7) is 4.31. The van der Waals surface area contributed by atoms with Crippen molar-refractivity contribution in [2.75, 3.05) is 6.61 Å². The molecule has 0 radical (unpaired) electrons. The number of hydrogen-bond acceptors (Lipinski definition) is 4. The minimum absolute atomic E-state index is 0.0230. The van der Waals surface area contributed by atoms with Crippen LogP contribution >= 0.6 is 0 Å². The molecule has 0 amide bonds. The summed E-state index contributed by atoms with van der Waals surface area (Å²) in [6.07, 6.45) is 2.74. The van der Waals surface area contributed by atoms with E-state index in [-0.39, 0.29) is 11.6 Å². The second-order valence-corrected chi connectivity index (χ2v) is 5.92. The number of nitriles is 1. The summed E-state index contributed by atoms with van der Waals surface area (Å²) in [5.41, 5.74) is 1.91. The molecule has 0 fully saturated rings. The average Bonchev–Trinajstić information content (AvgIpc) is 2.60. The van der Waals surface area contributed by atoms with Gasteiger partial charge in [-0.05, 0) is 37.5 Å². The van der Waals surface area contributed by atoms with E-state index < -0.39 is 11.4 Å². The molecule has 1 N–H and O–H groups in total. The van der Waals surface area contributed by atoms with Crippen molar-refractivity contribution in [2.24, 2.45) is 0 Å². The number of carboxylic acid groups (broad SMARTS) is 1. The SMILES string of the molecule is CCOc1ccc(C#N)c2c1-c1cc(=O)c(C(=O)O)cn1C(CC)C2. The maximum Gasteiger partial charge on any atom is 0.341 e. The molecule has 1 aliphatic heterocycles. The maximum atomic E-state index is 12.3. The van der Waals surface area contributed by atoms with Gasteiger partial charge in [0.05, 0.1) is 23.9 Å². The van der Waals surface area contributed by atoms with Gasteiger partial charge >= 0.3 is 5.97 Å². The van der Waals surface area contributed by atoms with E-state index in [1.54, 1.807) is 12.1 Å². The van der Waals surface area contributed by atoms with Gasteiger partial charge in [0.2, 0.25) is 0 Å². The molecule has 1 unspecified atom stereocenters. The highest BCUT2D eigenvalue weighted by Crippen LogP contribution is 2.42. The number of rotatable bonds is 4. The molecule has 6 heteroatoms. The molecule has 1 atom stereocenters. The second-order valence-electron chi connectivity index (χ2n) is 5.92.